The van der Waals surface area contributed by atoms with E-state index in [9.17, 15) is 8.42 Å². The summed E-state index contributed by atoms with van der Waals surface area (Å²) in [6, 6.07) is 4.80. The highest BCUT2D eigenvalue weighted by Gasteiger charge is 2.34. The number of hydrogen-bond acceptors (Lipinski definition) is 4. The third-order valence-electron chi connectivity index (χ3n) is 3.45. The van der Waals surface area contributed by atoms with E-state index in [0.717, 1.165) is 12.8 Å². The number of rotatable bonds is 4. The molecule has 1 fully saturated rings. The highest BCUT2D eigenvalue weighted by Crippen LogP contribution is 2.33. The minimum absolute atomic E-state index is 0.0387. The van der Waals surface area contributed by atoms with E-state index in [1.807, 2.05) is 6.92 Å². The largest absolute Gasteiger partial charge is 0.497 e. The zero-order valence-electron chi connectivity index (χ0n) is 11.4. The molecule has 19 heavy (non-hydrogen) atoms. The van der Waals surface area contributed by atoms with Gasteiger partial charge in [-0.2, -0.15) is 4.31 Å². The van der Waals surface area contributed by atoms with Crippen LogP contribution in [0.15, 0.2) is 23.1 Å². The summed E-state index contributed by atoms with van der Waals surface area (Å²) in [5.41, 5.74) is 0. The first-order valence-electron chi connectivity index (χ1n) is 6.24. The molecule has 0 amide bonds. The Bertz CT molecular complexity index is 556. The fraction of sp³-hybridized carbons (Fsp3) is 0.538. The van der Waals surface area contributed by atoms with Crippen LogP contribution >= 0.6 is 0 Å². The minimum Gasteiger partial charge on any atom is -0.497 e. The van der Waals surface area contributed by atoms with Crippen LogP contribution in [0.5, 0.6) is 11.5 Å². The van der Waals surface area contributed by atoms with Crippen molar-refractivity contribution in [2.75, 3.05) is 20.8 Å². The summed E-state index contributed by atoms with van der Waals surface area (Å²) in [6.07, 6.45) is 1.80. The Kier molecular flexibility index (Phi) is 4.01. The van der Waals surface area contributed by atoms with Crippen LogP contribution in [0.25, 0.3) is 0 Å². The van der Waals surface area contributed by atoms with Crippen LogP contribution < -0.4 is 9.47 Å². The monoisotopic (exact) mass is 285 g/mol. The molecule has 1 aromatic carbocycles. The van der Waals surface area contributed by atoms with Crippen molar-refractivity contribution in [3.8, 4) is 11.5 Å². The van der Waals surface area contributed by atoms with Crippen molar-refractivity contribution >= 4 is 10.0 Å². The average Bonchev–Trinajstić information content (AvgIpc) is 2.84. The van der Waals surface area contributed by atoms with Gasteiger partial charge in [0, 0.05) is 18.7 Å². The zero-order valence-corrected chi connectivity index (χ0v) is 12.2. The normalized spacial score (nSPS) is 20.5. The van der Waals surface area contributed by atoms with E-state index >= 15 is 0 Å². The van der Waals surface area contributed by atoms with Crippen molar-refractivity contribution in [1.82, 2.24) is 4.31 Å². The van der Waals surface area contributed by atoms with Crippen molar-refractivity contribution in [3.05, 3.63) is 18.2 Å². The van der Waals surface area contributed by atoms with Crippen molar-refractivity contribution in [2.24, 2.45) is 0 Å². The van der Waals surface area contributed by atoms with Crippen LogP contribution in [-0.2, 0) is 10.0 Å². The molecule has 1 atom stereocenters. The Labute approximate surface area is 114 Å². The number of sulfonamides is 1. The number of hydrogen-bond donors (Lipinski definition) is 0. The van der Waals surface area contributed by atoms with Gasteiger partial charge in [-0.05, 0) is 31.9 Å². The Balaban J connectivity index is 2.45. The van der Waals surface area contributed by atoms with Crippen molar-refractivity contribution in [1.29, 1.82) is 0 Å². The molecule has 0 aromatic heterocycles. The second-order valence-corrected chi connectivity index (χ2v) is 6.48. The second kappa shape index (κ2) is 5.38. The molecule has 1 aliphatic rings. The molecule has 0 bridgehead atoms. The van der Waals surface area contributed by atoms with Crippen LogP contribution in [0.3, 0.4) is 0 Å². The smallest absolute Gasteiger partial charge is 0.247 e. The van der Waals surface area contributed by atoms with Gasteiger partial charge >= 0.3 is 0 Å². The van der Waals surface area contributed by atoms with Crippen molar-refractivity contribution < 1.29 is 17.9 Å². The molecule has 1 unspecified atom stereocenters. The molecule has 6 heteroatoms. The van der Waals surface area contributed by atoms with Crippen LogP contribution in [0.1, 0.15) is 19.8 Å². The van der Waals surface area contributed by atoms with Crippen molar-refractivity contribution in [2.45, 2.75) is 30.7 Å². The van der Waals surface area contributed by atoms with Gasteiger partial charge in [0.05, 0.1) is 14.2 Å². The van der Waals surface area contributed by atoms with Crippen LogP contribution in [0.2, 0.25) is 0 Å². The summed E-state index contributed by atoms with van der Waals surface area (Å²) >= 11 is 0. The molecule has 0 radical (unpaired) electrons. The van der Waals surface area contributed by atoms with Gasteiger partial charge in [0.2, 0.25) is 10.0 Å². The fourth-order valence-corrected chi connectivity index (χ4v) is 4.22. The maximum Gasteiger partial charge on any atom is 0.247 e. The highest BCUT2D eigenvalue weighted by atomic mass is 32.2. The molecule has 0 spiro atoms. The molecular formula is C13H19NO4S. The summed E-state index contributed by atoms with van der Waals surface area (Å²) in [5.74, 6) is 0.892. The van der Waals surface area contributed by atoms with Gasteiger partial charge in [-0.3, -0.25) is 0 Å². The lowest BCUT2D eigenvalue weighted by Crippen LogP contribution is -2.33. The number of methoxy groups -OCH3 is 2. The average molecular weight is 285 g/mol. The maximum absolute atomic E-state index is 12.6. The van der Waals surface area contributed by atoms with Gasteiger partial charge in [-0.1, -0.05) is 0 Å². The Morgan fingerprint density at radius 1 is 1.26 bits per heavy atom. The first kappa shape index (κ1) is 14.1. The molecule has 0 aliphatic carbocycles. The van der Waals surface area contributed by atoms with Crippen LogP contribution in [0.4, 0.5) is 0 Å². The molecule has 1 aromatic rings. The molecule has 106 valence electrons. The van der Waals surface area contributed by atoms with Gasteiger partial charge in [-0.25, -0.2) is 8.42 Å². The van der Waals surface area contributed by atoms with E-state index < -0.39 is 10.0 Å². The molecule has 2 rings (SSSR count). The first-order valence-corrected chi connectivity index (χ1v) is 7.68. The van der Waals surface area contributed by atoms with E-state index in [-0.39, 0.29) is 10.9 Å². The molecule has 0 N–H and O–H groups in total. The van der Waals surface area contributed by atoms with E-state index in [0.29, 0.717) is 18.0 Å². The van der Waals surface area contributed by atoms with Gasteiger partial charge in [-0.15, -0.1) is 0 Å². The van der Waals surface area contributed by atoms with Gasteiger partial charge < -0.3 is 9.47 Å². The highest BCUT2D eigenvalue weighted by molar-refractivity contribution is 7.89. The second-order valence-electron chi connectivity index (χ2n) is 4.62. The summed E-state index contributed by atoms with van der Waals surface area (Å²) < 4.78 is 37.1. The van der Waals surface area contributed by atoms with Crippen LogP contribution in [0, 0.1) is 0 Å². The van der Waals surface area contributed by atoms with Crippen LogP contribution in [-0.4, -0.2) is 39.5 Å². The maximum atomic E-state index is 12.6. The number of benzene rings is 1. The molecule has 5 nitrogen and oxygen atoms in total. The predicted octanol–water partition coefficient (Wildman–Crippen LogP) is 1.88. The first-order chi connectivity index (χ1) is 9.00. The Morgan fingerprint density at radius 2 is 2.00 bits per heavy atom. The zero-order chi connectivity index (χ0) is 14.0. The summed E-state index contributed by atoms with van der Waals surface area (Å²) in [4.78, 5) is 0.199. The van der Waals surface area contributed by atoms with Gasteiger partial charge in [0.15, 0.2) is 0 Å². The third kappa shape index (κ3) is 2.55. The number of ether oxygens (including phenoxy) is 2. The summed E-state index contributed by atoms with van der Waals surface area (Å²) in [7, 11) is -0.510. The number of nitrogens with zero attached hydrogens (tertiary/aromatic N) is 1. The van der Waals surface area contributed by atoms with E-state index in [1.165, 1.54) is 24.6 Å². The minimum atomic E-state index is -3.50. The third-order valence-corrected chi connectivity index (χ3v) is 5.50. The topological polar surface area (TPSA) is 55.8 Å². The SMILES string of the molecule is COc1ccc(S(=O)(=O)N2CCCC2C)c(OC)c1. The lowest BCUT2D eigenvalue weighted by atomic mass is 10.3. The molecular weight excluding hydrogens is 266 g/mol. The summed E-state index contributed by atoms with van der Waals surface area (Å²) in [5, 5.41) is 0. The van der Waals surface area contributed by atoms with Crippen molar-refractivity contribution in [3.63, 3.8) is 0 Å². The Morgan fingerprint density at radius 3 is 2.53 bits per heavy atom. The molecule has 1 aliphatic heterocycles. The standard InChI is InChI=1S/C13H19NO4S/c1-10-5-4-8-14(10)19(15,16)13-7-6-11(17-2)9-12(13)18-3/h6-7,9-10H,4-5,8H2,1-3H3. The quantitative estimate of drug-likeness (QED) is 0.847. The van der Waals surface area contributed by atoms with E-state index in [4.69, 9.17) is 9.47 Å². The molecule has 1 heterocycles. The van der Waals surface area contributed by atoms with E-state index in [2.05, 4.69) is 0 Å². The van der Waals surface area contributed by atoms with E-state index in [1.54, 1.807) is 12.1 Å². The summed E-state index contributed by atoms with van der Waals surface area (Å²) in [6.45, 7) is 2.50. The molecule has 1 saturated heterocycles. The lowest BCUT2D eigenvalue weighted by molar-refractivity contribution is 0.377. The van der Waals surface area contributed by atoms with Gasteiger partial charge in [0.1, 0.15) is 16.4 Å². The fourth-order valence-electron chi connectivity index (χ4n) is 2.38. The van der Waals surface area contributed by atoms with Gasteiger partial charge in [0.25, 0.3) is 0 Å². The lowest BCUT2D eigenvalue weighted by Gasteiger charge is -2.22. The molecule has 0 saturated carbocycles. The predicted molar refractivity (Wildman–Crippen MR) is 72.1 cm³/mol. The Hall–Kier alpha value is -1.27.